The minimum Gasteiger partial charge on any atom is -0.444 e. The number of aromatic nitrogens is 4. The lowest BCUT2D eigenvalue weighted by atomic mass is 10.2. The molecule has 0 radical (unpaired) electrons. The molecule has 1 amide bonds. The van der Waals surface area contributed by atoms with Crippen LogP contribution in [0, 0.1) is 6.92 Å². The van der Waals surface area contributed by atoms with E-state index < -0.39 is 16.1 Å². The van der Waals surface area contributed by atoms with Gasteiger partial charge in [0.05, 0.1) is 23.3 Å². The molecule has 0 aliphatic carbocycles. The predicted molar refractivity (Wildman–Crippen MR) is 113 cm³/mol. The van der Waals surface area contributed by atoms with Crippen molar-refractivity contribution in [3.63, 3.8) is 0 Å². The van der Waals surface area contributed by atoms with Crippen molar-refractivity contribution >= 4 is 39.2 Å². The topological polar surface area (TPSA) is 128 Å². The highest BCUT2D eigenvalue weighted by molar-refractivity contribution is 7.92. The number of hydrogen-bond acceptors (Lipinski definition) is 7. The van der Waals surface area contributed by atoms with E-state index in [1.165, 1.54) is 4.68 Å². The zero-order valence-electron chi connectivity index (χ0n) is 16.4. The van der Waals surface area contributed by atoms with E-state index >= 15 is 0 Å². The molecular weight excluding hydrogens is 432 g/mol. The van der Waals surface area contributed by atoms with Crippen molar-refractivity contribution in [1.29, 1.82) is 0 Å². The first-order valence-electron chi connectivity index (χ1n) is 8.66. The lowest BCUT2D eigenvalue weighted by Gasteiger charge is -2.10. The molecule has 2 aromatic heterocycles. The number of ether oxygens (including phenoxy) is 1. The van der Waals surface area contributed by atoms with Crippen LogP contribution in [0.25, 0.3) is 11.4 Å². The molecule has 30 heavy (non-hydrogen) atoms. The van der Waals surface area contributed by atoms with Gasteiger partial charge in [0.15, 0.2) is 11.5 Å². The highest BCUT2D eigenvalue weighted by atomic mass is 35.5. The number of nitrogens with one attached hydrogen (secondary N) is 2. The van der Waals surface area contributed by atoms with Gasteiger partial charge < -0.3 is 4.74 Å². The maximum Gasteiger partial charge on any atom is 0.413 e. The van der Waals surface area contributed by atoms with Gasteiger partial charge in [-0.25, -0.2) is 22.9 Å². The molecule has 0 aliphatic rings. The van der Waals surface area contributed by atoms with Gasteiger partial charge in [-0.3, -0.25) is 10.0 Å². The molecule has 0 aliphatic heterocycles. The van der Waals surface area contributed by atoms with Gasteiger partial charge in [-0.2, -0.15) is 0 Å². The van der Waals surface area contributed by atoms with E-state index in [2.05, 4.69) is 25.3 Å². The summed E-state index contributed by atoms with van der Waals surface area (Å²) in [6.07, 6.45) is 0.355. The smallest absolute Gasteiger partial charge is 0.413 e. The number of nitrogens with zero attached hydrogens (tertiary/aromatic N) is 4. The molecule has 0 bridgehead atoms. The van der Waals surface area contributed by atoms with Gasteiger partial charge in [0.25, 0.3) is 0 Å². The third-order valence-corrected chi connectivity index (χ3v) is 4.76. The molecule has 0 saturated carbocycles. The van der Waals surface area contributed by atoms with Gasteiger partial charge in [0.2, 0.25) is 10.0 Å². The van der Waals surface area contributed by atoms with Gasteiger partial charge in [-0.05, 0) is 36.8 Å². The van der Waals surface area contributed by atoms with Crippen molar-refractivity contribution in [2.75, 3.05) is 16.3 Å². The lowest BCUT2D eigenvalue weighted by molar-refractivity contribution is 0.155. The number of amides is 1. The Morgan fingerprint density at radius 3 is 2.70 bits per heavy atom. The van der Waals surface area contributed by atoms with E-state index in [1.54, 1.807) is 50.4 Å². The summed E-state index contributed by atoms with van der Waals surface area (Å²) in [6, 6.07) is 10.1. The molecule has 0 saturated heterocycles. The zero-order valence-corrected chi connectivity index (χ0v) is 18.0. The summed E-state index contributed by atoms with van der Waals surface area (Å²) in [4.78, 5) is 16.6. The second kappa shape index (κ2) is 8.67. The summed E-state index contributed by atoms with van der Waals surface area (Å²) in [5.41, 5.74) is 2.25. The molecule has 0 spiro atoms. The van der Waals surface area contributed by atoms with E-state index in [1.807, 2.05) is 0 Å². The Morgan fingerprint density at radius 2 is 2.03 bits per heavy atom. The van der Waals surface area contributed by atoms with Gasteiger partial charge in [-0.1, -0.05) is 28.9 Å². The van der Waals surface area contributed by atoms with Crippen molar-refractivity contribution in [2.45, 2.75) is 13.5 Å². The first-order valence-corrected chi connectivity index (χ1v) is 10.9. The van der Waals surface area contributed by atoms with Gasteiger partial charge in [0, 0.05) is 12.1 Å². The van der Waals surface area contributed by atoms with Crippen LogP contribution < -0.4 is 10.0 Å². The summed E-state index contributed by atoms with van der Waals surface area (Å²) < 4.78 is 31.9. The number of anilines is 2. The SMILES string of the molecule is Cc1nc(-c2nnn(C)c2NC(=O)OCc2cccc(Cl)c2)ccc1NS(C)(=O)=O. The molecule has 158 valence electrons. The fraction of sp³-hybridized carbons (Fsp3) is 0.222. The van der Waals surface area contributed by atoms with Crippen LogP contribution in [0.15, 0.2) is 36.4 Å². The first-order chi connectivity index (χ1) is 14.1. The summed E-state index contributed by atoms with van der Waals surface area (Å²) in [5, 5.41) is 11.1. The number of aryl methyl sites for hydroxylation is 2. The molecular formula is C18H19ClN6O4S. The van der Waals surface area contributed by atoms with Crippen LogP contribution in [0.2, 0.25) is 5.02 Å². The Morgan fingerprint density at radius 1 is 1.27 bits per heavy atom. The van der Waals surface area contributed by atoms with Gasteiger partial charge >= 0.3 is 6.09 Å². The van der Waals surface area contributed by atoms with Gasteiger partial charge in [0.1, 0.15) is 6.61 Å². The molecule has 0 atom stereocenters. The van der Waals surface area contributed by atoms with E-state index in [4.69, 9.17) is 16.3 Å². The summed E-state index contributed by atoms with van der Waals surface area (Å²) in [7, 11) is -1.83. The van der Waals surface area contributed by atoms with E-state index in [0.29, 0.717) is 27.8 Å². The van der Waals surface area contributed by atoms with Crippen LogP contribution in [0.4, 0.5) is 16.3 Å². The number of carbonyl (C=O) groups is 1. The number of hydrogen-bond donors (Lipinski definition) is 2. The molecule has 3 aromatic rings. The molecule has 12 heteroatoms. The quantitative estimate of drug-likeness (QED) is 0.590. The summed E-state index contributed by atoms with van der Waals surface area (Å²) in [5.74, 6) is 0.279. The van der Waals surface area contributed by atoms with Crippen LogP contribution in [0.5, 0.6) is 0 Å². The molecule has 1 aromatic carbocycles. The number of carbonyl (C=O) groups excluding carboxylic acids is 1. The van der Waals surface area contributed by atoms with Crippen LogP contribution in [-0.2, 0) is 28.4 Å². The Bertz CT molecular complexity index is 1200. The normalized spacial score (nSPS) is 11.2. The Kier molecular flexibility index (Phi) is 6.22. The van der Waals surface area contributed by atoms with Crippen LogP contribution in [0.1, 0.15) is 11.3 Å². The monoisotopic (exact) mass is 450 g/mol. The van der Waals surface area contributed by atoms with Crippen molar-refractivity contribution in [3.05, 3.63) is 52.7 Å². The van der Waals surface area contributed by atoms with E-state index in [0.717, 1.165) is 11.8 Å². The predicted octanol–water partition coefficient (Wildman–Crippen LogP) is 2.96. The maximum atomic E-state index is 12.2. The van der Waals surface area contributed by atoms with Crippen LogP contribution in [0.3, 0.4) is 0 Å². The number of halogens is 1. The molecule has 0 unspecified atom stereocenters. The third-order valence-electron chi connectivity index (χ3n) is 3.93. The maximum absolute atomic E-state index is 12.2. The third kappa shape index (κ3) is 5.45. The number of sulfonamides is 1. The minimum absolute atomic E-state index is 0.0379. The largest absolute Gasteiger partial charge is 0.444 e. The summed E-state index contributed by atoms with van der Waals surface area (Å²) >= 11 is 5.92. The fourth-order valence-electron chi connectivity index (χ4n) is 2.58. The Balaban J connectivity index is 1.76. The van der Waals surface area contributed by atoms with E-state index in [9.17, 15) is 13.2 Å². The number of benzene rings is 1. The molecule has 0 fully saturated rings. The average Bonchev–Trinajstić information content (AvgIpc) is 3.01. The number of pyridine rings is 1. The Hall–Kier alpha value is -3.18. The van der Waals surface area contributed by atoms with Gasteiger partial charge in [-0.15, -0.1) is 5.10 Å². The van der Waals surface area contributed by atoms with E-state index in [-0.39, 0.29) is 12.4 Å². The van der Waals surface area contributed by atoms with Crippen LogP contribution in [-0.4, -0.2) is 40.7 Å². The Labute approximate surface area is 178 Å². The van der Waals surface area contributed by atoms with Crippen molar-refractivity contribution in [1.82, 2.24) is 20.0 Å². The average molecular weight is 451 g/mol. The van der Waals surface area contributed by atoms with Crippen molar-refractivity contribution in [3.8, 4) is 11.4 Å². The van der Waals surface area contributed by atoms with Crippen molar-refractivity contribution in [2.24, 2.45) is 7.05 Å². The fourth-order valence-corrected chi connectivity index (χ4v) is 3.41. The molecule has 2 heterocycles. The summed E-state index contributed by atoms with van der Waals surface area (Å²) in [6.45, 7) is 1.69. The standard InChI is InChI=1S/C18H19ClN6O4S/c1-11-14(23-30(3,27)28)7-8-15(20-11)16-17(25(2)24-22-16)21-18(26)29-10-12-5-4-6-13(19)9-12/h4-9,23H,10H2,1-3H3,(H,21,26). The highest BCUT2D eigenvalue weighted by Crippen LogP contribution is 2.26. The molecule has 10 nitrogen and oxygen atoms in total. The lowest BCUT2D eigenvalue weighted by Crippen LogP contribution is -2.16. The highest BCUT2D eigenvalue weighted by Gasteiger charge is 2.18. The molecule has 3 rings (SSSR count). The minimum atomic E-state index is -3.43. The second-order valence-electron chi connectivity index (χ2n) is 6.45. The van der Waals surface area contributed by atoms with Crippen LogP contribution >= 0.6 is 11.6 Å². The first kappa shape index (κ1) is 21.5. The molecule has 2 N–H and O–H groups in total. The second-order valence-corrected chi connectivity index (χ2v) is 8.63. The zero-order chi connectivity index (χ0) is 21.9. The van der Waals surface area contributed by atoms with Crippen molar-refractivity contribution < 1.29 is 17.9 Å². The number of rotatable bonds is 6.